The van der Waals surface area contributed by atoms with E-state index in [-0.39, 0.29) is 78.2 Å². The number of rotatable bonds is 2. The van der Waals surface area contributed by atoms with Gasteiger partial charge in [0.25, 0.3) is 6.71 Å². The molecular formula is C63H49BN4O. The van der Waals surface area contributed by atoms with Gasteiger partial charge in [0.1, 0.15) is 5.58 Å². The summed E-state index contributed by atoms with van der Waals surface area (Å²) in [6.45, 7) is 9.58. The first-order chi connectivity index (χ1) is 45.1. The van der Waals surface area contributed by atoms with Crippen molar-refractivity contribution >= 4 is 123 Å². The Morgan fingerprint density at radius 1 is 0.449 bits per heavy atom. The third kappa shape index (κ3) is 5.11. The minimum absolute atomic E-state index is 0.0296. The topological polar surface area (TPSA) is 29.5 Å². The number of nitrogens with zero attached hydrogens (tertiary/aromatic N) is 4. The Labute approximate surface area is 440 Å². The summed E-state index contributed by atoms with van der Waals surface area (Å²) >= 11 is 0. The molecule has 6 heteroatoms. The number of hydrogen-bond acceptors (Lipinski definition) is 3. The second-order valence-electron chi connectivity index (χ2n) is 19.6. The van der Waals surface area contributed by atoms with E-state index in [4.69, 9.17) is 11.3 Å². The van der Waals surface area contributed by atoms with Crippen LogP contribution in [0.1, 0.15) is 96.6 Å². The normalized spacial score (nSPS) is 19.6. The molecule has 0 aliphatic carbocycles. The van der Waals surface area contributed by atoms with E-state index in [1.807, 2.05) is 0 Å². The molecule has 69 heavy (non-hydrogen) atoms. The lowest BCUT2D eigenvalue weighted by atomic mass is 9.33. The van der Waals surface area contributed by atoms with Gasteiger partial charge in [-0.25, -0.2) is 0 Å². The van der Waals surface area contributed by atoms with Gasteiger partial charge in [0.15, 0.2) is 5.58 Å². The molecule has 6 heterocycles. The van der Waals surface area contributed by atoms with Crippen molar-refractivity contribution in [2.75, 3.05) is 9.80 Å². The van der Waals surface area contributed by atoms with Crippen LogP contribution in [-0.2, 0) is 10.8 Å². The van der Waals surface area contributed by atoms with Gasteiger partial charge in [0, 0.05) is 55.1 Å². The highest BCUT2D eigenvalue weighted by Crippen LogP contribution is 2.53. The molecule has 0 spiro atoms. The fraction of sp³-hybridized carbons (Fsp3) is 0.143. The summed E-state index contributed by atoms with van der Waals surface area (Å²) in [5.41, 5.74) is -10.5. The summed E-state index contributed by atoms with van der Waals surface area (Å²) in [7, 11) is 0. The SMILES string of the molecule is [2H]c1c([2H])c2c3c(c1[2H])-n1c4c([2H])c([2H])c([2H])c([2H])c4c4c([2H])c([2H])c([2H])c(c41)N3c1c([2H])c(C)c([2H])c3c1B2c1c([2H])c([2H])c(-n2c4c([2H])c([2H])c(C(C)(C)C)c([2H])c4c4c([2H])c(C(C)(C)C)c([2H])c([2H])c42)c([2H])c1N3c1c([2H])c([2H])c([2H])c2c1oc1c([2H])c([2H])c([2H])c([2H])c12. The lowest BCUT2D eigenvalue weighted by molar-refractivity contribution is 0.590. The average molecular weight is 917 g/mol. The van der Waals surface area contributed by atoms with Crippen molar-refractivity contribution in [3.05, 3.63) is 186 Å². The van der Waals surface area contributed by atoms with Gasteiger partial charge < -0.3 is 23.4 Å². The largest absolute Gasteiger partial charge is 0.454 e. The average Bonchev–Trinajstić information content (AvgIpc) is 1.65. The Bertz CT molecular complexity index is 5850. The Morgan fingerprint density at radius 3 is 1.80 bits per heavy atom. The van der Waals surface area contributed by atoms with E-state index in [1.165, 1.54) is 11.8 Å². The summed E-state index contributed by atoms with van der Waals surface area (Å²) in [5.74, 6) is 0. The van der Waals surface area contributed by atoms with E-state index < -0.39 is 253 Å². The quantitative estimate of drug-likeness (QED) is 0.162. The van der Waals surface area contributed by atoms with Crippen LogP contribution in [0, 0.1) is 6.92 Å². The van der Waals surface area contributed by atoms with Gasteiger partial charge in [0.05, 0.1) is 83.2 Å². The van der Waals surface area contributed by atoms with Crippen LogP contribution in [0.5, 0.6) is 0 Å². The predicted octanol–water partition coefficient (Wildman–Crippen LogP) is 15.1. The molecule has 0 unspecified atom stereocenters. The van der Waals surface area contributed by atoms with Crippen LogP contribution in [0.4, 0.5) is 34.1 Å². The number of benzene rings is 9. The molecule has 3 aliphatic rings. The van der Waals surface area contributed by atoms with E-state index in [0.29, 0.717) is 0 Å². The fourth-order valence-electron chi connectivity index (χ4n) is 10.3. The third-order valence-electron chi connectivity index (χ3n) is 13.3. The van der Waals surface area contributed by atoms with Crippen molar-refractivity contribution in [1.29, 1.82) is 0 Å². The van der Waals surface area contributed by atoms with Gasteiger partial charge in [0.2, 0.25) is 0 Å². The number of para-hydroxylation sites is 5. The van der Waals surface area contributed by atoms with Gasteiger partial charge in [-0.05, 0) is 129 Å². The summed E-state index contributed by atoms with van der Waals surface area (Å²) in [6.07, 6.45) is 0. The standard InChI is InChI=1S/C63H49BN4O/c1-36-31-55-58-56(32-36)68-51-21-12-17-42-40-15-8-10-20-48(40)67(59(42)51)52-22-14-19-47(60(52)68)64(58)46-28-27-39(35-54(46)66(55)53-23-13-18-43-41-16-9-11-24-57(41)69-61(43)53)65-49-29-25-37(62(2,3)4)33-44(49)45-34-38(63(5,6)7)26-30-50(45)65/h8-35H,1-7H3/i8D,9D,10D,11D,12D,13D,14D,15D,16D,17D,18D,19D,20D,21D,22D,23D,24D,25D,26D,27D,28D,29D,30D,31D,32D,33D,34D,35D. The smallest absolute Gasteiger partial charge is 0.252 e. The van der Waals surface area contributed by atoms with Crippen molar-refractivity contribution in [2.24, 2.45) is 0 Å². The zero-order valence-electron chi connectivity index (χ0n) is 65.8. The number of anilines is 6. The van der Waals surface area contributed by atoms with E-state index in [2.05, 4.69) is 0 Å². The lowest BCUT2D eigenvalue weighted by Gasteiger charge is -2.46. The highest BCUT2D eigenvalue weighted by molar-refractivity contribution is 7.00. The Morgan fingerprint density at radius 2 is 1.06 bits per heavy atom. The Balaban J connectivity index is 1.23. The van der Waals surface area contributed by atoms with Gasteiger partial charge in [-0.3, -0.25) is 0 Å². The molecule has 0 fully saturated rings. The molecule has 3 aliphatic heterocycles. The Kier molecular flexibility index (Phi) is 3.96. The molecule has 330 valence electrons. The van der Waals surface area contributed by atoms with Crippen LogP contribution < -0.4 is 26.2 Å². The zero-order chi connectivity index (χ0) is 70.8. The second-order valence-corrected chi connectivity index (χ2v) is 19.6. The monoisotopic (exact) mass is 917 g/mol. The maximum atomic E-state index is 11.1. The van der Waals surface area contributed by atoms with E-state index in [1.54, 1.807) is 41.5 Å². The van der Waals surface area contributed by atoms with E-state index in [9.17, 15) is 31.5 Å². The first-order valence-corrected chi connectivity index (χ1v) is 22.2. The minimum atomic E-state index is -1.95. The maximum Gasteiger partial charge on any atom is 0.252 e. The molecule has 3 aromatic heterocycles. The van der Waals surface area contributed by atoms with Crippen LogP contribution in [-0.4, -0.2) is 15.8 Å². The predicted molar refractivity (Wildman–Crippen MR) is 292 cm³/mol. The van der Waals surface area contributed by atoms with Crippen LogP contribution in [0.15, 0.2) is 174 Å². The fourth-order valence-corrected chi connectivity index (χ4v) is 10.3. The molecule has 0 amide bonds. The molecule has 5 nitrogen and oxygen atoms in total. The van der Waals surface area contributed by atoms with Gasteiger partial charge >= 0.3 is 0 Å². The lowest BCUT2D eigenvalue weighted by Crippen LogP contribution is -2.61. The van der Waals surface area contributed by atoms with Crippen molar-refractivity contribution in [2.45, 2.75) is 59.3 Å². The molecule has 0 atom stereocenters. The summed E-state index contributed by atoms with van der Waals surface area (Å²) in [6, 6.07) is -20.6. The van der Waals surface area contributed by atoms with Gasteiger partial charge in [-0.2, -0.15) is 0 Å². The van der Waals surface area contributed by atoms with Gasteiger partial charge in [-0.1, -0.05) is 132 Å². The molecule has 0 radical (unpaired) electrons. The van der Waals surface area contributed by atoms with Crippen molar-refractivity contribution in [3.63, 3.8) is 0 Å². The summed E-state index contributed by atoms with van der Waals surface area (Å²) < 4.78 is 281. The summed E-state index contributed by atoms with van der Waals surface area (Å²) in [4.78, 5) is 2.17. The molecule has 15 rings (SSSR count). The molecule has 0 saturated carbocycles. The van der Waals surface area contributed by atoms with E-state index in [0.717, 1.165) is 14.0 Å². The first-order valence-electron chi connectivity index (χ1n) is 36.2. The minimum Gasteiger partial charge on any atom is -0.454 e. The molecule has 9 aromatic carbocycles. The number of aromatic nitrogens is 2. The number of furan rings is 1. The van der Waals surface area contributed by atoms with Crippen molar-refractivity contribution < 1.29 is 42.8 Å². The van der Waals surface area contributed by atoms with Gasteiger partial charge in [-0.15, -0.1) is 0 Å². The van der Waals surface area contributed by atoms with Crippen LogP contribution >= 0.6 is 0 Å². The highest BCUT2D eigenvalue weighted by atomic mass is 16.3. The molecule has 0 N–H and O–H groups in total. The van der Waals surface area contributed by atoms with Crippen LogP contribution in [0.3, 0.4) is 0 Å². The highest BCUT2D eigenvalue weighted by Gasteiger charge is 2.46. The maximum absolute atomic E-state index is 11.1. The number of fused-ring (bicyclic) bond motifs is 15. The summed E-state index contributed by atoms with van der Waals surface area (Å²) in [5, 5.41) is -2.00. The zero-order valence-corrected chi connectivity index (χ0v) is 37.8. The van der Waals surface area contributed by atoms with Crippen LogP contribution in [0.2, 0.25) is 0 Å². The first kappa shape index (κ1) is 20.7. The molecular weight excluding hydrogens is 840 g/mol. The number of hydrogen-bond donors (Lipinski definition) is 0. The Hall–Kier alpha value is -7.96. The van der Waals surface area contributed by atoms with Crippen LogP contribution in [0.25, 0.3) is 76.9 Å². The third-order valence-corrected chi connectivity index (χ3v) is 13.3. The van der Waals surface area contributed by atoms with Crippen molar-refractivity contribution in [3.8, 4) is 11.4 Å². The molecule has 0 bridgehead atoms. The molecule has 0 saturated heterocycles. The van der Waals surface area contributed by atoms with Crippen molar-refractivity contribution in [1.82, 2.24) is 9.13 Å². The van der Waals surface area contributed by atoms with E-state index >= 15 is 0 Å². The molecule has 12 aromatic rings. The second kappa shape index (κ2) is 13.2.